The highest BCUT2D eigenvalue weighted by Crippen LogP contribution is 2.48. The smallest absolute Gasteiger partial charge is 0.178 e. The topological polar surface area (TPSA) is 26.3 Å². The van der Waals surface area contributed by atoms with Gasteiger partial charge in [0.1, 0.15) is 11.2 Å². The van der Waals surface area contributed by atoms with Gasteiger partial charge in [-0.15, -0.1) is 0 Å². The van der Waals surface area contributed by atoms with E-state index in [1.807, 2.05) is 12.1 Å². The number of rotatable bonds is 3. The molecule has 2 heteroatoms. The number of hydrogen-bond donors (Lipinski definition) is 0. The lowest BCUT2D eigenvalue weighted by molar-refractivity contribution is 0.633. The summed E-state index contributed by atoms with van der Waals surface area (Å²) in [7, 11) is 0. The van der Waals surface area contributed by atoms with Crippen LogP contribution in [0.2, 0.25) is 0 Å². The molecule has 11 rings (SSSR count). The van der Waals surface area contributed by atoms with E-state index >= 15 is 0 Å². The highest BCUT2D eigenvalue weighted by atomic mass is 16.4. The number of benzene rings is 9. The molecule has 0 saturated carbocycles. The number of hydrogen-bond acceptors (Lipinski definition) is 2. The molecule has 2 aromatic heterocycles. The largest absolute Gasteiger partial charge is 0.452 e. The Balaban J connectivity index is 1.18. The average Bonchev–Trinajstić information content (AvgIpc) is 3.75. The third-order valence-corrected chi connectivity index (χ3v) is 10.5. The van der Waals surface area contributed by atoms with E-state index in [-0.39, 0.29) is 0 Å². The van der Waals surface area contributed by atoms with Gasteiger partial charge in [0.15, 0.2) is 11.2 Å². The van der Waals surface area contributed by atoms with Crippen molar-refractivity contribution in [3.8, 4) is 33.4 Å². The van der Waals surface area contributed by atoms with Gasteiger partial charge in [-0.05, 0) is 96.0 Å². The van der Waals surface area contributed by atoms with Crippen molar-refractivity contribution in [3.63, 3.8) is 0 Å². The van der Waals surface area contributed by atoms with Crippen molar-refractivity contribution in [3.05, 3.63) is 170 Å². The Morgan fingerprint density at radius 3 is 1.48 bits per heavy atom. The first kappa shape index (κ1) is 27.3. The summed E-state index contributed by atoms with van der Waals surface area (Å²) in [5.41, 5.74) is 10.6. The lowest BCUT2D eigenvalue weighted by Gasteiger charge is -2.20. The molecule has 0 aliphatic carbocycles. The normalized spacial score (nSPS) is 12.0. The summed E-state index contributed by atoms with van der Waals surface area (Å²) in [6.45, 7) is 0. The highest BCUT2D eigenvalue weighted by Gasteiger charge is 2.21. The van der Waals surface area contributed by atoms with Crippen LogP contribution in [0.4, 0.5) is 0 Å². The minimum atomic E-state index is 0.793. The zero-order valence-corrected chi connectivity index (χ0v) is 27.0. The number of furan rings is 2. The maximum Gasteiger partial charge on any atom is 0.178 e. The second kappa shape index (κ2) is 10.4. The summed E-state index contributed by atoms with van der Waals surface area (Å²) in [5, 5.41) is 11.7. The molecule has 0 unspecified atom stereocenters. The van der Waals surface area contributed by atoms with E-state index in [0.717, 1.165) is 49.4 Å². The first-order chi connectivity index (χ1) is 24.8. The van der Waals surface area contributed by atoms with Gasteiger partial charge in [-0.3, -0.25) is 0 Å². The van der Waals surface area contributed by atoms with Crippen LogP contribution in [-0.2, 0) is 0 Å². The predicted octanol–water partition coefficient (Wildman–Crippen LogP) is 13.9. The van der Waals surface area contributed by atoms with Crippen LogP contribution < -0.4 is 0 Å². The van der Waals surface area contributed by atoms with Gasteiger partial charge in [0.2, 0.25) is 0 Å². The Morgan fingerprint density at radius 2 is 0.760 bits per heavy atom. The van der Waals surface area contributed by atoms with E-state index < -0.39 is 0 Å². The number of para-hydroxylation sites is 1. The summed E-state index contributed by atoms with van der Waals surface area (Å²) in [6.07, 6.45) is 0. The molecule has 0 aliphatic rings. The third kappa shape index (κ3) is 3.85. The summed E-state index contributed by atoms with van der Waals surface area (Å²) in [5.74, 6) is 0. The van der Waals surface area contributed by atoms with E-state index in [2.05, 4.69) is 158 Å². The van der Waals surface area contributed by atoms with Crippen LogP contribution in [-0.4, -0.2) is 0 Å². The molecule has 0 amide bonds. The lowest BCUT2D eigenvalue weighted by atomic mass is 9.83. The molecule has 0 spiro atoms. The zero-order chi connectivity index (χ0) is 32.8. The quantitative estimate of drug-likeness (QED) is 0.180. The van der Waals surface area contributed by atoms with E-state index in [1.165, 1.54) is 60.1 Å². The predicted molar refractivity (Wildman–Crippen MR) is 210 cm³/mol. The molecule has 0 radical (unpaired) electrons. The molecule has 0 saturated heterocycles. The van der Waals surface area contributed by atoms with Crippen LogP contribution in [0.25, 0.3) is 110 Å². The van der Waals surface area contributed by atoms with Crippen LogP contribution in [0.5, 0.6) is 0 Å². The monoisotopic (exact) mass is 636 g/mol. The maximum absolute atomic E-state index is 6.68. The molecule has 50 heavy (non-hydrogen) atoms. The fourth-order valence-electron chi connectivity index (χ4n) is 8.30. The molecule has 0 fully saturated rings. The van der Waals surface area contributed by atoms with Crippen molar-refractivity contribution < 1.29 is 8.83 Å². The molecule has 0 N–H and O–H groups in total. The van der Waals surface area contributed by atoms with Crippen molar-refractivity contribution in [2.45, 2.75) is 0 Å². The van der Waals surface area contributed by atoms with Crippen LogP contribution in [0.1, 0.15) is 0 Å². The Morgan fingerprint density at radius 1 is 0.280 bits per heavy atom. The molecule has 0 atom stereocenters. The molecule has 0 bridgehead atoms. The lowest BCUT2D eigenvalue weighted by Crippen LogP contribution is -1.93. The van der Waals surface area contributed by atoms with Gasteiger partial charge in [-0.2, -0.15) is 0 Å². The first-order valence-corrected chi connectivity index (χ1v) is 17.1. The third-order valence-electron chi connectivity index (χ3n) is 10.5. The highest BCUT2D eigenvalue weighted by molar-refractivity contribution is 6.24. The van der Waals surface area contributed by atoms with E-state index in [4.69, 9.17) is 8.83 Å². The minimum absolute atomic E-state index is 0.793. The van der Waals surface area contributed by atoms with Crippen molar-refractivity contribution in [2.24, 2.45) is 0 Å². The summed E-state index contributed by atoms with van der Waals surface area (Å²) >= 11 is 0. The van der Waals surface area contributed by atoms with Crippen molar-refractivity contribution in [2.75, 3.05) is 0 Å². The molecule has 2 nitrogen and oxygen atoms in total. The molecular formula is C48H28O2. The zero-order valence-electron chi connectivity index (χ0n) is 27.0. The van der Waals surface area contributed by atoms with Gasteiger partial charge in [0, 0.05) is 21.5 Å². The van der Waals surface area contributed by atoms with Crippen LogP contribution in [0, 0.1) is 0 Å². The van der Waals surface area contributed by atoms with Gasteiger partial charge in [-0.25, -0.2) is 0 Å². The summed E-state index contributed by atoms with van der Waals surface area (Å²) < 4.78 is 13.0. The Labute approximate surface area is 287 Å². The van der Waals surface area contributed by atoms with Gasteiger partial charge >= 0.3 is 0 Å². The molecule has 2 heterocycles. The second-order valence-corrected chi connectivity index (χ2v) is 13.1. The SMILES string of the molecule is c1ccc(-c2c3ccccc3c(-c3ccc4c(c3)oc3c4ccc4c5ccccc5oc43)c3ccccc23)c(-c2cccc3ccccc23)c1. The molecule has 0 aliphatic heterocycles. The molecular weight excluding hydrogens is 609 g/mol. The van der Waals surface area contributed by atoms with Crippen molar-refractivity contribution in [1.82, 2.24) is 0 Å². The van der Waals surface area contributed by atoms with Gasteiger partial charge in [0.05, 0.1) is 0 Å². The van der Waals surface area contributed by atoms with Crippen molar-refractivity contribution >= 4 is 76.2 Å². The second-order valence-electron chi connectivity index (χ2n) is 13.1. The van der Waals surface area contributed by atoms with Gasteiger partial charge < -0.3 is 8.83 Å². The van der Waals surface area contributed by atoms with E-state index in [1.54, 1.807) is 0 Å². The molecule has 11 aromatic rings. The van der Waals surface area contributed by atoms with E-state index in [0.29, 0.717) is 0 Å². The fourth-order valence-corrected chi connectivity index (χ4v) is 8.30. The van der Waals surface area contributed by atoms with Gasteiger partial charge in [0.25, 0.3) is 0 Å². The average molecular weight is 637 g/mol. The van der Waals surface area contributed by atoms with Crippen LogP contribution >= 0.6 is 0 Å². The maximum atomic E-state index is 6.68. The minimum Gasteiger partial charge on any atom is -0.452 e. The summed E-state index contributed by atoms with van der Waals surface area (Å²) in [4.78, 5) is 0. The fraction of sp³-hybridized carbons (Fsp3) is 0. The Kier molecular flexibility index (Phi) is 5.70. The van der Waals surface area contributed by atoms with Crippen LogP contribution in [0.3, 0.4) is 0 Å². The first-order valence-electron chi connectivity index (χ1n) is 17.1. The summed E-state index contributed by atoms with van der Waals surface area (Å²) in [6, 6.07) is 61.0. The van der Waals surface area contributed by atoms with Crippen molar-refractivity contribution in [1.29, 1.82) is 0 Å². The Bertz CT molecular complexity index is 3090. The standard InChI is InChI=1S/C48H28O2/c1-2-14-31-29(12-1)13-11-22-32(31)33-15-3-4-17-36(33)46-39-20-7-5-18-37(39)45(38-19-6-8-21-40(38)46)30-24-25-35-42-27-26-41-34-16-9-10-23-43(34)49-47(41)48(42)50-44(35)28-30/h1-28H. The Hall–Kier alpha value is -6.64. The van der Waals surface area contributed by atoms with Gasteiger partial charge in [-0.1, -0.05) is 140 Å². The molecule has 232 valence electrons. The van der Waals surface area contributed by atoms with E-state index in [9.17, 15) is 0 Å². The van der Waals surface area contributed by atoms with Crippen LogP contribution in [0.15, 0.2) is 179 Å². The molecule has 9 aromatic carbocycles. The number of fused-ring (bicyclic) bond motifs is 10.